The molecule has 2 aromatic heterocycles. The van der Waals surface area contributed by atoms with Gasteiger partial charge in [-0.2, -0.15) is 5.26 Å². The summed E-state index contributed by atoms with van der Waals surface area (Å²) in [5.74, 6) is 0.516. The van der Waals surface area contributed by atoms with Crippen LogP contribution in [0, 0.1) is 11.3 Å². The van der Waals surface area contributed by atoms with Crippen molar-refractivity contribution in [3.05, 3.63) is 42.2 Å². The summed E-state index contributed by atoms with van der Waals surface area (Å²) in [4.78, 5) is 8.72. The highest BCUT2D eigenvalue weighted by molar-refractivity contribution is 6.78. The van der Waals surface area contributed by atoms with E-state index in [9.17, 15) is 0 Å². The molecule has 2 fully saturated rings. The van der Waals surface area contributed by atoms with E-state index in [1.165, 1.54) is 0 Å². The normalized spacial score (nSPS) is 25.8. The van der Waals surface area contributed by atoms with Gasteiger partial charge in [-0.25, -0.2) is 4.98 Å². The number of fused-ring (bicyclic) bond motifs is 1. The number of rotatable bonds is 6. The van der Waals surface area contributed by atoms with Gasteiger partial charge in [0, 0.05) is 24.0 Å². The average molecular weight is 440 g/mol. The van der Waals surface area contributed by atoms with Crippen LogP contribution in [-0.4, -0.2) is 60.9 Å². The van der Waals surface area contributed by atoms with E-state index in [4.69, 9.17) is 24.2 Å². The summed E-state index contributed by atoms with van der Waals surface area (Å²) in [5, 5.41) is 8.73. The Morgan fingerprint density at radius 3 is 2.29 bits per heavy atom. The molecule has 0 spiro atoms. The van der Waals surface area contributed by atoms with E-state index in [0.29, 0.717) is 24.7 Å². The molecule has 0 amide bonds. The van der Waals surface area contributed by atoms with Gasteiger partial charge >= 0.3 is 0 Å². The van der Waals surface area contributed by atoms with Crippen molar-refractivity contribution in [3.63, 3.8) is 0 Å². The number of hydrogen-bond acceptors (Lipinski definition) is 7. The molecule has 4 rings (SSSR count). The summed E-state index contributed by atoms with van der Waals surface area (Å²) in [6.07, 6.45) is 2.68. The molecule has 2 saturated heterocycles. The van der Waals surface area contributed by atoms with Gasteiger partial charge in [0.1, 0.15) is 24.4 Å². The Kier molecular flexibility index (Phi) is 5.88. The third-order valence-electron chi connectivity index (χ3n) is 6.41. The zero-order valence-corrected chi connectivity index (χ0v) is 19.7. The molecule has 2 aliphatic rings. The van der Waals surface area contributed by atoms with Gasteiger partial charge < -0.3 is 18.9 Å². The Morgan fingerprint density at radius 1 is 1.00 bits per heavy atom. The molecule has 164 valence electrons. The second-order valence-corrected chi connectivity index (χ2v) is 15.3. The largest absolute Gasteiger partial charge is 0.469 e. The molecule has 8 heteroatoms. The first-order valence-corrected chi connectivity index (χ1v) is 14.1. The van der Waals surface area contributed by atoms with Gasteiger partial charge in [0.15, 0.2) is 6.10 Å². The molecular weight excluding hydrogens is 410 g/mol. The predicted octanol–water partition coefficient (Wildman–Crippen LogP) is 3.60. The fourth-order valence-electron chi connectivity index (χ4n) is 3.57. The van der Waals surface area contributed by atoms with Gasteiger partial charge in [0.25, 0.3) is 0 Å². The number of aromatic nitrogens is 2. The fraction of sp³-hybridized carbons (Fsp3) is 0.522. The van der Waals surface area contributed by atoms with Crippen LogP contribution in [0.25, 0.3) is 11.3 Å². The van der Waals surface area contributed by atoms with Crippen molar-refractivity contribution in [2.24, 2.45) is 0 Å². The molecular formula is C23H29N3O4Si. The molecule has 0 radical (unpaired) electrons. The van der Waals surface area contributed by atoms with Crippen LogP contribution in [0.2, 0.25) is 19.6 Å². The summed E-state index contributed by atoms with van der Waals surface area (Å²) in [7, 11) is -1.51. The third kappa shape index (κ3) is 4.50. The van der Waals surface area contributed by atoms with Crippen LogP contribution in [0.1, 0.15) is 19.4 Å². The Bertz CT molecular complexity index is 951. The van der Waals surface area contributed by atoms with Crippen LogP contribution in [0.3, 0.4) is 0 Å². The SMILES string of the molecule is CC(C)(O[C@@H]1CO[C@H]2[C@@H]1OC[C@@H]2Oc1ccc(-c2ccc(C#N)cn2)cn1)[Si](C)(C)C. The van der Waals surface area contributed by atoms with Crippen molar-refractivity contribution in [3.8, 4) is 23.2 Å². The van der Waals surface area contributed by atoms with Crippen molar-refractivity contribution >= 4 is 8.07 Å². The zero-order chi connectivity index (χ0) is 22.2. The smallest absolute Gasteiger partial charge is 0.213 e. The number of ether oxygens (including phenoxy) is 4. The third-order valence-corrected chi connectivity index (χ3v) is 10.1. The van der Waals surface area contributed by atoms with E-state index in [2.05, 4.69) is 49.5 Å². The Hall–Kier alpha value is -2.31. The molecule has 31 heavy (non-hydrogen) atoms. The molecule has 0 aliphatic carbocycles. The van der Waals surface area contributed by atoms with E-state index < -0.39 is 8.07 Å². The van der Waals surface area contributed by atoms with Gasteiger partial charge in [-0.15, -0.1) is 0 Å². The molecule has 4 heterocycles. The summed E-state index contributed by atoms with van der Waals surface area (Å²) < 4.78 is 24.6. The van der Waals surface area contributed by atoms with Crippen molar-refractivity contribution in [1.82, 2.24) is 9.97 Å². The minimum absolute atomic E-state index is 0.0851. The van der Waals surface area contributed by atoms with Gasteiger partial charge in [-0.1, -0.05) is 19.6 Å². The van der Waals surface area contributed by atoms with Crippen molar-refractivity contribution in [1.29, 1.82) is 5.26 Å². The lowest BCUT2D eigenvalue weighted by atomic mass is 10.1. The lowest BCUT2D eigenvalue weighted by Gasteiger charge is -2.39. The van der Waals surface area contributed by atoms with Crippen LogP contribution < -0.4 is 4.74 Å². The Labute approximate surface area is 184 Å². The first kappa shape index (κ1) is 21.9. The maximum Gasteiger partial charge on any atom is 0.213 e. The first-order chi connectivity index (χ1) is 14.7. The van der Waals surface area contributed by atoms with Crippen molar-refractivity contribution in [2.75, 3.05) is 13.2 Å². The summed E-state index contributed by atoms with van der Waals surface area (Å²) >= 11 is 0. The van der Waals surface area contributed by atoms with Gasteiger partial charge in [0.05, 0.1) is 37.8 Å². The molecule has 0 bridgehead atoms. The highest BCUT2D eigenvalue weighted by Crippen LogP contribution is 2.35. The number of nitrogens with zero attached hydrogens (tertiary/aromatic N) is 3. The quantitative estimate of drug-likeness (QED) is 0.636. The van der Waals surface area contributed by atoms with Gasteiger partial charge in [-0.05, 0) is 32.0 Å². The van der Waals surface area contributed by atoms with Gasteiger partial charge in [0.2, 0.25) is 5.88 Å². The van der Waals surface area contributed by atoms with Crippen LogP contribution >= 0.6 is 0 Å². The average Bonchev–Trinajstić information content (AvgIpc) is 3.31. The maximum atomic E-state index is 8.90. The number of nitriles is 1. The molecule has 0 N–H and O–H groups in total. The molecule has 4 atom stereocenters. The van der Waals surface area contributed by atoms with Crippen LogP contribution in [0.4, 0.5) is 0 Å². The van der Waals surface area contributed by atoms with Crippen LogP contribution in [0.15, 0.2) is 36.7 Å². The van der Waals surface area contributed by atoms with E-state index in [1.807, 2.05) is 12.1 Å². The van der Waals surface area contributed by atoms with E-state index >= 15 is 0 Å². The second-order valence-electron chi connectivity index (χ2n) is 9.60. The second kappa shape index (κ2) is 8.32. The molecule has 0 unspecified atom stereocenters. The predicted molar refractivity (Wildman–Crippen MR) is 118 cm³/mol. The standard InChI is InChI=1S/C23H29N3O4Si/c1-23(2,31(3,4)5)30-19-14-28-21-18(13-27-22(19)21)29-20-9-7-16(12-26-20)17-8-6-15(10-24)11-25-17/h6-9,11-12,18-19,21-22H,13-14H2,1-5H3/t18-,19+,21+,22+/m0/s1. The Balaban J connectivity index is 1.38. The Morgan fingerprint density at radius 2 is 1.71 bits per heavy atom. The maximum absolute atomic E-state index is 8.90. The number of hydrogen-bond donors (Lipinski definition) is 0. The lowest BCUT2D eigenvalue weighted by Crippen LogP contribution is -2.53. The van der Waals surface area contributed by atoms with Crippen molar-refractivity contribution in [2.45, 2.75) is 63.1 Å². The zero-order valence-electron chi connectivity index (χ0n) is 18.7. The van der Waals surface area contributed by atoms with E-state index in [0.717, 1.165) is 11.3 Å². The lowest BCUT2D eigenvalue weighted by molar-refractivity contribution is -0.0813. The van der Waals surface area contributed by atoms with E-state index in [1.54, 1.807) is 24.5 Å². The minimum atomic E-state index is -1.51. The van der Waals surface area contributed by atoms with E-state index in [-0.39, 0.29) is 29.6 Å². The van der Waals surface area contributed by atoms with Gasteiger partial charge in [-0.3, -0.25) is 4.98 Å². The van der Waals surface area contributed by atoms with Crippen LogP contribution in [-0.2, 0) is 14.2 Å². The summed E-state index contributed by atoms with van der Waals surface area (Å²) in [6.45, 7) is 12.2. The monoisotopic (exact) mass is 439 g/mol. The first-order valence-electron chi connectivity index (χ1n) is 10.6. The minimum Gasteiger partial charge on any atom is -0.469 e. The molecule has 0 aromatic carbocycles. The highest BCUT2D eigenvalue weighted by atomic mass is 28.3. The summed E-state index contributed by atoms with van der Waals surface area (Å²) in [5.41, 5.74) is 2.14. The highest BCUT2D eigenvalue weighted by Gasteiger charge is 2.52. The molecule has 2 aliphatic heterocycles. The van der Waals surface area contributed by atoms with Crippen LogP contribution in [0.5, 0.6) is 5.88 Å². The fourth-order valence-corrected chi connectivity index (χ4v) is 4.08. The topological polar surface area (TPSA) is 86.5 Å². The van der Waals surface area contributed by atoms with Crippen molar-refractivity contribution < 1.29 is 18.9 Å². The molecule has 2 aromatic rings. The molecule has 0 saturated carbocycles. The number of pyridine rings is 2. The molecule has 7 nitrogen and oxygen atoms in total. The summed E-state index contributed by atoms with van der Waals surface area (Å²) in [6, 6.07) is 9.33.